The third kappa shape index (κ3) is 1.13. The monoisotopic (exact) mass is 175 g/mol. The van der Waals surface area contributed by atoms with E-state index < -0.39 is 0 Å². The summed E-state index contributed by atoms with van der Waals surface area (Å²) in [5.41, 5.74) is 0. The minimum Gasteiger partial charge on any atom is -0.445 e. The largest absolute Gasteiger partial charge is 0.445 e. The Morgan fingerprint density at radius 2 is 2.25 bits per heavy atom. The maximum absolute atomic E-state index is 8.51. The summed E-state index contributed by atoms with van der Waals surface area (Å²) in [6.07, 6.45) is 0. The van der Waals surface area contributed by atoms with Crippen LogP contribution in [0, 0.1) is 11.3 Å². The van der Waals surface area contributed by atoms with Gasteiger partial charge in [0, 0.05) is 0 Å². The summed E-state index contributed by atoms with van der Waals surface area (Å²) < 4.78 is 5.23. The second kappa shape index (κ2) is 2.84. The van der Waals surface area contributed by atoms with Gasteiger partial charge in [0.25, 0.3) is 0 Å². The van der Waals surface area contributed by atoms with Crippen molar-refractivity contribution < 1.29 is 4.42 Å². The van der Waals surface area contributed by atoms with E-state index in [9.17, 15) is 0 Å². The first-order valence-corrected chi connectivity index (χ1v) is 4.32. The van der Waals surface area contributed by atoms with Crippen LogP contribution in [-0.2, 0) is 0 Å². The Morgan fingerprint density at radius 3 is 2.83 bits per heavy atom. The van der Waals surface area contributed by atoms with E-state index in [2.05, 4.69) is 0 Å². The molecule has 0 bridgehead atoms. The Bertz CT molecular complexity index is 408. The lowest BCUT2D eigenvalue weighted by molar-refractivity contribution is 0.569. The van der Waals surface area contributed by atoms with Gasteiger partial charge in [0.15, 0.2) is 0 Å². The van der Waals surface area contributed by atoms with Crippen LogP contribution in [0.3, 0.4) is 0 Å². The lowest BCUT2D eigenvalue weighted by Crippen LogP contribution is -1.61. The van der Waals surface area contributed by atoms with Crippen molar-refractivity contribution in [2.24, 2.45) is 0 Å². The Kier molecular flexibility index (Phi) is 1.69. The Hall–Kier alpha value is -1.53. The second-order valence-corrected chi connectivity index (χ2v) is 3.20. The normalized spacial score (nSPS) is 9.58. The van der Waals surface area contributed by atoms with E-state index in [0.29, 0.717) is 5.76 Å². The molecule has 0 saturated carbocycles. The molecule has 0 radical (unpaired) electrons. The van der Waals surface area contributed by atoms with Gasteiger partial charge in [0.05, 0.1) is 4.88 Å². The molecule has 0 unspecified atom stereocenters. The molecule has 58 valence electrons. The van der Waals surface area contributed by atoms with Crippen molar-refractivity contribution in [2.75, 3.05) is 0 Å². The first kappa shape index (κ1) is 7.14. The lowest BCUT2D eigenvalue weighted by Gasteiger charge is -1.86. The fraction of sp³-hybridized carbons (Fsp3) is 0. The summed E-state index contributed by atoms with van der Waals surface area (Å²) in [6, 6.07) is 9.35. The van der Waals surface area contributed by atoms with E-state index in [4.69, 9.17) is 9.68 Å². The Morgan fingerprint density at radius 1 is 1.33 bits per heavy atom. The van der Waals surface area contributed by atoms with Crippen LogP contribution in [0.25, 0.3) is 10.6 Å². The van der Waals surface area contributed by atoms with Gasteiger partial charge >= 0.3 is 0 Å². The molecule has 2 nitrogen and oxygen atoms in total. The van der Waals surface area contributed by atoms with E-state index in [1.807, 2.05) is 29.6 Å². The van der Waals surface area contributed by atoms with Crippen molar-refractivity contribution in [3.05, 3.63) is 35.4 Å². The van der Waals surface area contributed by atoms with Gasteiger partial charge in [0.1, 0.15) is 11.8 Å². The van der Waals surface area contributed by atoms with Crippen LogP contribution in [0.4, 0.5) is 0 Å². The first-order chi connectivity index (χ1) is 5.90. The fourth-order valence-electron chi connectivity index (χ4n) is 0.949. The highest BCUT2D eigenvalue weighted by atomic mass is 32.1. The maximum atomic E-state index is 8.51. The van der Waals surface area contributed by atoms with Crippen molar-refractivity contribution in [2.45, 2.75) is 0 Å². The molecule has 0 aliphatic rings. The molecule has 3 heteroatoms. The molecule has 0 N–H and O–H groups in total. The zero-order valence-corrected chi connectivity index (χ0v) is 6.97. The molecule has 0 spiro atoms. The molecular weight excluding hydrogens is 170 g/mol. The molecule has 2 rings (SSSR count). The highest BCUT2D eigenvalue weighted by molar-refractivity contribution is 7.13. The molecule has 0 saturated heterocycles. The lowest BCUT2D eigenvalue weighted by atomic mass is 10.4. The summed E-state index contributed by atoms with van der Waals surface area (Å²) in [7, 11) is 0. The zero-order valence-electron chi connectivity index (χ0n) is 6.15. The highest BCUT2D eigenvalue weighted by Crippen LogP contribution is 2.25. The van der Waals surface area contributed by atoms with Crippen LogP contribution < -0.4 is 0 Å². The molecule has 0 aromatic carbocycles. The van der Waals surface area contributed by atoms with Crippen LogP contribution in [-0.4, -0.2) is 0 Å². The van der Waals surface area contributed by atoms with Crippen LogP contribution >= 0.6 is 11.3 Å². The summed E-state index contributed by atoms with van der Waals surface area (Å²) in [5.74, 6) is 1.12. The summed E-state index contributed by atoms with van der Waals surface area (Å²) >= 11 is 1.60. The third-order valence-electron chi connectivity index (χ3n) is 1.48. The molecule has 0 aliphatic heterocycles. The number of furan rings is 1. The SMILES string of the molecule is N#Cc1ccc(-c2cccs2)o1. The Balaban J connectivity index is 2.44. The van der Waals surface area contributed by atoms with Gasteiger partial charge in [0.2, 0.25) is 5.76 Å². The van der Waals surface area contributed by atoms with E-state index in [1.54, 1.807) is 17.4 Å². The van der Waals surface area contributed by atoms with Gasteiger partial charge in [-0.25, -0.2) is 0 Å². The van der Waals surface area contributed by atoms with Gasteiger partial charge in [-0.15, -0.1) is 11.3 Å². The molecule has 2 aromatic heterocycles. The topological polar surface area (TPSA) is 36.9 Å². The molecule has 2 heterocycles. The summed E-state index contributed by atoms with van der Waals surface area (Å²) in [6.45, 7) is 0. The smallest absolute Gasteiger partial charge is 0.204 e. The fourth-order valence-corrected chi connectivity index (χ4v) is 1.64. The number of hydrogen-bond donors (Lipinski definition) is 0. The second-order valence-electron chi connectivity index (χ2n) is 2.25. The van der Waals surface area contributed by atoms with Gasteiger partial charge in [-0.1, -0.05) is 6.07 Å². The molecule has 0 fully saturated rings. The van der Waals surface area contributed by atoms with Crippen molar-refractivity contribution in [1.29, 1.82) is 5.26 Å². The minimum absolute atomic E-state index is 0.360. The quantitative estimate of drug-likeness (QED) is 0.668. The predicted molar refractivity (Wildman–Crippen MR) is 46.7 cm³/mol. The van der Waals surface area contributed by atoms with Crippen molar-refractivity contribution in [1.82, 2.24) is 0 Å². The zero-order chi connectivity index (χ0) is 8.39. The molecule has 2 aromatic rings. The maximum Gasteiger partial charge on any atom is 0.204 e. The standard InChI is InChI=1S/C9H5NOS/c10-6-7-3-4-8(11-7)9-2-1-5-12-9/h1-5H. The summed E-state index contributed by atoms with van der Waals surface area (Å²) in [5, 5.41) is 10.5. The molecular formula is C9H5NOS. The van der Waals surface area contributed by atoms with Crippen LogP contribution in [0.2, 0.25) is 0 Å². The van der Waals surface area contributed by atoms with E-state index in [0.717, 1.165) is 10.6 Å². The van der Waals surface area contributed by atoms with Gasteiger partial charge in [-0.3, -0.25) is 0 Å². The Labute approximate surface area is 73.7 Å². The van der Waals surface area contributed by atoms with Gasteiger partial charge in [-0.2, -0.15) is 5.26 Å². The van der Waals surface area contributed by atoms with Gasteiger partial charge in [-0.05, 0) is 23.6 Å². The van der Waals surface area contributed by atoms with Crippen molar-refractivity contribution in [3.8, 4) is 16.7 Å². The number of nitriles is 1. The number of rotatable bonds is 1. The van der Waals surface area contributed by atoms with Crippen molar-refractivity contribution in [3.63, 3.8) is 0 Å². The molecule has 0 atom stereocenters. The van der Waals surface area contributed by atoms with Crippen LogP contribution in [0.5, 0.6) is 0 Å². The average Bonchev–Trinajstić information content (AvgIpc) is 2.75. The number of nitrogens with zero attached hydrogens (tertiary/aromatic N) is 1. The van der Waals surface area contributed by atoms with E-state index >= 15 is 0 Å². The molecule has 0 aliphatic carbocycles. The third-order valence-corrected chi connectivity index (χ3v) is 2.36. The molecule has 12 heavy (non-hydrogen) atoms. The number of hydrogen-bond acceptors (Lipinski definition) is 3. The average molecular weight is 175 g/mol. The predicted octanol–water partition coefficient (Wildman–Crippen LogP) is 2.88. The summed E-state index contributed by atoms with van der Waals surface area (Å²) in [4.78, 5) is 1.05. The van der Waals surface area contributed by atoms with Crippen molar-refractivity contribution >= 4 is 11.3 Å². The van der Waals surface area contributed by atoms with Crippen LogP contribution in [0.1, 0.15) is 5.76 Å². The minimum atomic E-state index is 0.360. The first-order valence-electron chi connectivity index (χ1n) is 3.44. The van der Waals surface area contributed by atoms with Crippen LogP contribution in [0.15, 0.2) is 34.1 Å². The van der Waals surface area contributed by atoms with E-state index in [1.165, 1.54) is 0 Å². The number of thiophene rings is 1. The highest BCUT2D eigenvalue weighted by Gasteiger charge is 2.03. The molecule has 0 amide bonds. The van der Waals surface area contributed by atoms with E-state index in [-0.39, 0.29) is 0 Å². The van der Waals surface area contributed by atoms with Gasteiger partial charge < -0.3 is 4.42 Å².